The Morgan fingerprint density at radius 3 is 2.76 bits per heavy atom. The Kier molecular flexibility index (Phi) is 4.55. The third kappa shape index (κ3) is 3.48. The third-order valence-corrected chi connectivity index (χ3v) is 3.94. The maximum Gasteiger partial charge on any atom is 0.240 e. The second kappa shape index (κ2) is 5.71. The second-order valence-corrected chi connectivity index (χ2v) is 5.28. The van der Waals surface area contributed by atoms with Crippen LogP contribution in [0.15, 0.2) is 23.1 Å². The topological polar surface area (TPSA) is 72.2 Å². The summed E-state index contributed by atoms with van der Waals surface area (Å²) in [5, 5.41) is 0. The molecule has 4 nitrogen and oxygen atoms in total. The van der Waals surface area contributed by atoms with Crippen molar-refractivity contribution in [3.63, 3.8) is 0 Å². The van der Waals surface area contributed by atoms with Crippen molar-refractivity contribution in [2.75, 3.05) is 12.3 Å². The van der Waals surface area contributed by atoms with Gasteiger partial charge in [-0.05, 0) is 31.5 Å². The Balaban J connectivity index is 2.89. The first kappa shape index (κ1) is 13.6. The van der Waals surface area contributed by atoms with E-state index in [-0.39, 0.29) is 4.90 Å². The second-order valence-electron chi connectivity index (χ2n) is 3.54. The molecule has 3 N–H and O–H groups in total. The first-order chi connectivity index (χ1) is 7.99. The summed E-state index contributed by atoms with van der Waals surface area (Å²) < 4.78 is 26.4. The number of rotatable bonds is 4. The zero-order valence-corrected chi connectivity index (χ0v) is 10.8. The number of anilines is 1. The molecule has 1 rings (SSSR count). The van der Waals surface area contributed by atoms with Gasteiger partial charge >= 0.3 is 0 Å². The Bertz CT molecular complexity index is 554. The van der Waals surface area contributed by atoms with Gasteiger partial charge in [-0.1, -0.05) is 6.07 Å². The highest BCUT2D eigenvalue weighted by Crippen LogP contribution is 2.19. The predicted molar refractivity (Wildman–Crippen MR) is 68.8 cm³/mol. The van der Waals surface area contributed by atoms with Gasteiger partial charge in [0.05, 0.1) is 4.90 Å². The normalized spacial score (nSPS) is 10.7. The molecule has 0 amide bonds. The van der Waals surface area contributed by atoms with Crippen LogP contribution in [0.1, 0.15) is 18.9 Å². The number of benzene rings is 1. The van der Waals surface area contributed by atoms with Crippen LogP contribution in [-0.4, -0.2) is 15.0 Å². The number of nitrogens with two attached hydrogens (primary N) is 1. The van der Waals surface area contributed by atoms with Gasteiger partial charge in [-0.25, -0.2) is 13.1 Å². The van der Waals surface area contributed by atoms with Gasteiger partial charge in [0.15, 0.2) is 0 Å². The molecule has 0 bridgehead atoms. The van der Waals surface area contributed by atoms with E-state index >= 15 is 0 Å². The number of sulfonamides is 1. The molecular weight excluding hydrogens is 236 g/mol. The maximum absolute atomic E-state index is 12.0. The molecule has 1 aromatic carbocycles. The quantitative estimate of drug-likeness (QED) is 0.481. The molecule has 17 heavy (non-hydrogen) atoms. The van der Waals surface area contributed by atoms with Crippen molar-refractivity contribution in [1.29, 1.82) is 0 Å². The average molecular weight is 252 g/mol. The minimum Gasteiger partial charge on any atom is -0.398 e. The summed E-state index contributed by atoms with van der Waals surface area (Å²) in [4.78, 5) is 0.224. The Morgan fingerprint density at radius 2 is 2.12 bits per heavy atom. The molecule has 0 aliphatic rings. The van der Waals surface area contributed by atoms with Crippen LogP contribution < -0.4 is 10.5 Å². The highest BCUT2D eigenvalue weighted by atomic mass is 32.2. The SMILES string of the molecule is CC#CCCNS(=O)(=O)c1cccc(N)c1C. The van der Waals surface area contributed by atoms with Crippen molar-refractivity contribution in [3.8, 4) is 11.8 Å². The number of hydrogen-bond donors (Lipinski definition) is 2. The summed E-state index contributed by atoms with van der Waals surface area (Å²) in [5.41, 5.74) is 6.72. The highest BCUT2D eigenvalue weighted by Gasteiger charge is 2.16. The number of nitrogen functional groups attached to an aromatic ring is 1. The van der Waals surface area contributed by atoms with Gasteiger partial charge in [-0.3, -0.25) is 0 Å². The number of hydrogen-bond acceptors (Lipinski definition) is 3. The lowest BCUT2D eigenvalue weighted by Crippen LogP contribution is -2.25. The van der Waals surface area contributed by atoms with Gasteiger partial charge in [0.2, 0.25) is 10.0 Å². The maximum atomic E-state index is 12.0. The van der Waals surface area contributed by atoms with E-state index < -0.39 is 10.0 Å². The number of nitrogens with one attached hydrogen (secondary N) is 1. The summed E-state index contributed by atoms with van der Waals surface area (Å²) in [6.45, 7) is 3.71. The summed E-state index contributed by atoms with van der Waals surface area (Å²) >= 11 is 0. The van der Waals surface area contributed by atoms with Crippen molar-refractivity contribution in [1.82, 2.24) is 4.72 Å². The summed E-state index contributed by atoms with van der Waals surface area (Å²) in [7, 11) is -3.49. The zero-order chi connectivity index (χ0) is 12.9. The molecule has 0 aliphatic carbocycles. The Hall–Kier alpha value is -1.51. The first-order valence-electron chi connectivity index (χ1n) is 5.23. The van der Waals surface area contributed by atoms with E-state index in [0.717, 1.165) is 0 Å². The van der Waals surface area contributed by atoms with E-state index in [0.29, 0.717) is 24.2 Å². The van der Waals surface area contributed by atoms with Crippen molar-refractivity contribution >= 4 is 15.7 Å². The fourth-order valence-electron chi connectivity index (χ4n) is 1.37. The highest BCUT2D eigenvalue weighted by molar-refractivity contribution is 7.89. The molecule has 5 heteroatoms. The molecule has 0 spiro atoms. The standard InChI is InChI=1S/C12H16N2O2S/c1-3-4-5-9-14-17(15,16)12-8-6-7-11(13)10(12)2/h6-8,14H,5,9,13H2,1-2H3. The van der Waals surface area contributed by atoms with Crippen molar-refractivity contribution < 1.29 is 8.42 Å². The van der Waals surface area contributed by atoms with Crippen LogP contribution in [0.25, 0.3) is 0 Å². The lowest BCUT2D eigenvalue weighted by atomic mass is 10.2. The summed E-state index contributed by atoms with van der Waals surface area (Å²) in [5.74, 6) is 5.51. The fraction of sp³-hybridized carbons (Fsp3) is 0.333. The van der Waals surface area contributed by atoms with Crippen LogP contribution >= 0.6 is 0 Å². The molecule has 0 saturated carbocycles. The Labute approximate surface area is 102 Å². The van der Waals surface area contributed by atoms with E-state index in [1.807, 2.05) is 0 Å². The van der Waals surface area contributed by atoms with E-state index in [2.05, 4.69) is 16.6 Å². The molecule has 0 fully saturated rings. The van der Waals surface area contributed by atoms with Crippen LogP contribution in [0.4, 0.5) is 5.69 Å². The van der Waals surface area contributed by atoms with Gasteiger partial charge in [0.1, 0.15) is 0 Å². The molecule has 0 radical (unpaired) electrons. The first-order valence-corrected chi connectivity index (χ1v) is 6.71. The van der Waals surface area contributed by atoms with Crippen molar-refractivity contribution in [2.45, 2.75) is 25.2 Å². The molecule has 0 unspecified atom stereocenters. The van der Waals surface area contributed by atoms with Gasteiger partial charge < -0.3 is 5.73 Å². The average Bonchev–Trinajstić information content (AvgIpc) is 2.28. The van der Waals surface area contributed by atoms with Crippen LogP contribution in [0.2, 0.25) is 0 Å². The lowest BCUT2D eigenvalue weighted by molar-refractivity contribution is 0.582. The van der Waals surface area contributed by atoms with E-state index in [9.17, 15) is 8.42 Å². The Morgan fingerprint density at radius 1 is 1.41 bits per heavy atom. The zero-order valence-electron chi connectivity index (χ0n) is 9.95. The van der Waals surface area contributed by atoms with Crippen molar-refractivity contribution in [3.05, 3.63) is 23.8 Å². The van der Waals surface area contributed by atoms with Gasteiger partial charge in [-0.15, -0.1) is 11.8 Å². The molecule has 0 saturated heterocycles. The van der Waals surface area contributed by atoms with Gasteiger partial charge in [0.25, 0.3) is 0 Å². The van der Waals surface area contributed by atoms with E-state index in [1.54, 1.807) is 32.0 Å². The summed E-state index contributed by atoms with van der Waals surface area (Å²) in [6.07, 6.45) is 0.497. The predicted octanol–water partition coefficient (Wildman–Crippen LogP) is 1.27. The molecule has 0 aromatic heterocycles. The lowest BCUT2D eigenvalue weighted by Gasteiger charge is -2.09. The minimum atomic E-state index is -3.49. The largest absolute Gasteiger partial charge is 0.398 e. The van der Waals surface area contributed by atoms with E-state index in [1.165, 1.54) is 0 Å². The van der Waals surface area contributed by atoms with Crippen LogP contribution in [0, 0.1) is 18.8 Å². The van der Waals surface area contributed by atoms with Crippen molar-refractivity contribution in [2.24, 2.45) is 0 Å². The molecule has 0 atom stereocenters. The van der Waals surface area contributed by atoms with Gasteiger partial charge in [0, 0.05) is 18.7 Å². The van der Waals surface area contributed by atoms with Crippen LogP contribution in [0.5, 0.6) is 0 Å². The molecule has 92 valence electrons. The van der Waals surface area contributed by atoms with E-state index in [4.69, 9.17) is 5.73 Å². The molecule has 1 aromatic rings. The molecule has 0 aliphatic heterocycles. The minimum absolute atomic E-state index is 0.224. The fourth-order valence-corrected chi connectivity index (χ4v) is 2.68. The monoisotopic (exact) mass is 252 g/mol. The smallest absolute Gasteiger partial charge is 0.240 e. The van der Waals surface area contributed by atoms with Crippen LogP contribution in [0.3, 0.4) is 0 Å². The van der Waals surface area contributed by atoms with Gasteiger partial charge in [-0.2, -0.15) is 0 Å². The third-order valence-electron chi connectivity index (χ3n) is 2.33. The van der Waals surface area contributed by atoms with Crippen LogP contribution in [-0.2, 0) is 10.0 Å². The summed E-state index contributed by atoms with van der Waals surface area (Å²) in [6, 6.07) is 4.85. The molecular formula is C12H16N2O2S. The molecule has 0 heterocycles.